The van der Waals surface area contributed by atoms with Crippen LogP contribution in [-0.2, 0) is 12.8 Å². The predicted octanol–water partition coefficient (Wildman–Crippen LogP) is 2.64. The number of nitrogens with one attached hydrogen (secondary N) is 1. The Bertz CT molecular complexity index is 595. The standard InChI is InChI=1S/C14H16N4S/c1-19-10-7-5-9(6-8-10)13-16-12-4-2-3-11(12)14(17-13)18-15/h5-8H,2-4,15H2,1H3,(H,16,17,18). The van der Waals surface area contributed by atoms with Crippen LogP contribution in [0.3, 0.4) is 0 Å². The van der Waals surface area contributed by atoms with Crippen molar-refractivity contribution in [3.05, 3.63) is 35.5 Å². The van der Waals surface area contributed by atoms with E-state index in [2.05, 4.69) is 45.9 Å². The highest BCUT2D eigenvalue weighted by atomic mass is 32.2. The fraction of sp³-hybridized carbons (Fsp3) is 0.286. The highest BCUT2D eigenvalue weighted by Gasteiger charge is 2.19. The fourth-order valence-electron chi connectivity index (χ4n) is 2.42. The van der Waals surface area contributed by atoms with Crippen LogP contribution in [0, 0.1) is 0 Å². The maximum Gasteiger partial charge on any atom is 0.161 e. The summed E-state index contributed by atoms with van der Waals surface area (Å²) in [5, 5.41) is 0. The maximum absolute atomic E-state index is 5.57. The molecule has 0 aliphatic heterocycles. The van der Waals surface area contributed by atoms with Crippen molar-refractivity contribution < 1.29 is 0 Å². The first-order valence-electron chi connectivity index (χ1n) is 6.32. The summed E-state index contributed by atoms with van der Waals surface area (Å²) in [5.74, 6) is 7.09. The fourth-order valence-corrected chi connectivity index (χ4v) is 2.83. The minimum absolute atomic E-state index is 0.751. The molecule has 19 heavy (non-hydrogen) atoms. The Hall–Kier alpha value is -1.59. The summed E-state index contributed by atoms with van der Waals surface area (Å²) in [5.41, 5.74) is 6.04. The van der Waals surface area contributed by atoms with Crippen molar-refractivity contribution in [2.75, 3.05) is 11.7 Å². The van der Waals surface area contributed by atoms with Gasteiger partial charge in [0.25, 0.3) is 0 Å². The average molecular weight is 272 g/mol. The number of thioether (sulfide) groups is 1. The molecule has 0 saturated carbocycles. The lowest BCUT2D eigenvalue weighted by Gasteiger charge is -2.09. The van der Waals surface area contributed by atoms with Crippen molar-refractivity contribution in [3.63, 3.8) is 0 Å². The minimum Gasteiger partial charge on any atom is -0.308 e. The molecule has 0 fully saturated rings. The Morgan fingerprint density at radius 1 is 1.16 bits per heavy atom. The third-order valence-corrected chi connectivity index (χ3v) is 4.16. The van der Waals surface area contributed by atoms with Crippen LogP contribution in [0.25, 0.3) is 11.4 Å². The molecule has 1 aromatic carbocycles. The molecule has 0 unspecified atom stereocenters. The van der Waals surface area contributed by atoms with Crippen LogP contribution in [0.5, 0.6) is 0 Å². The Kier molecular flexibility index (Phi) is 3.40. The largest absolute Gasteiger partial charge is 0.308 e. The van der Waals surface area contributed by atoms with Crippen molar-refractivity contribution in [2.45, 2.75) is 24.2 Å². The van der Waals surface area contributed by atoms with E-state index in [-0.39, 0.29) is 0 Å². The molecular formula is C14H16N4S. The highest BCUT2D eigenvalue weighted by molar-refractivity contribution is 7.98. The maximum atomic E-state index is 5.57. The molecule has 1 aromatic heterocycles. The summed E-state index contributed by atoms with van der Waals surface area (Å²) in [4.78, 5) is 10.4. The number of benzene rings is 1. The first-order chi connectivity index (χ1) is 9.31. The van der Waals surface area contributed by atoms with Crippen molar-refractivity contribution in [1.82, 2.24) is 9.97 Å². The second-order valence-electron chi connectivity index (χ2n) is 4.55. The number of nitrogen functional groups attached to an aromatic ring is 1. The molecule has 0 amide bonds. The second-order valence-corrected chi connectivity index (χ2v) is 5.43. The van der Waals surface area contributed by atoms with E-state index in [1.165, 1.54) is 10.5 Å². The Balaban J connectivity index is 2.04. The number of anilines is 1. The third kappa shape index (κ3) is 2.31. The van der Waals surface area contributed by atoms with Gasteiger partial charge in [0.15, 0.2) is 5.82 Å². The number of aryl methyl sites for hydroxylation is 1. The van der Waals surface area contributed by atoms with Gasteiger partial charge in [-0.2, -0.15) is 0 Å². The van der Waals surface area contributed by atoms with E-state index in [9.17, 15) is 0 Å². The van der Waals surface area contributed by atoms with Gasteiger partial charge < -0.3 is 5.43 Å². The number of hydrogen-bond acceptors (Lipinski definition) is 5. The molecule has 5 heteroatoms. The van der Waals surface area contributed by atoms with E-state index in [1.807, 2.05) is 0 Å². The van der Waals surface area contributed by atoms with Crippen molar-refractivity contribution in [2.24, 2.45) is 5.84 Å². The van der Waals surface area contributed by atoms with Gasteiger partial charge in [0.1, 0.15) is 5.82 Å². The van der Waals surface area contributed by atoms with Gasteiger partial charge in [-0.1, -0.05) is 12.1 Å². The number of rotatable bonds is 3. The smallest absolute Gasteiger partial charge is 0.161 e. The number of nitrogens with zero attached hydrogens (tertiary/aromatic N) is 2. The normalized spacial score (nSPS) is 13.4. The summed E-state index contributed by atoms with van der Waals surface area (Å²) >= 11 is 1.73. The summed E-state index contributed by atoms with van der Waals surface area (Å²) < 4.78 is 0. The molecule has 0 spiro atoms. The number of aromatic nitrogens is 2. The zero-order valence-electron chi connectivity index (χ0n) is 10.8. The zero-order chi connectivity index (χ0) is 13.2. The molecule has 3 rings (SSSR count). The molecule has 98 valence electrons. The van der Waals surface area contributed by atoms with Crippen molar-refractivity contribution in [3.8, 4) is 11.4 Å². The van der Waals surface area contributed by atoms with Crippen LogP contribution in [0.4, 0.5) is 5.82 Å². The Labute approximate surface area is 116 Å². The van der Waals surface area contributed by atoms with Crippen LogP contribution >= 0.6 is 11.8 Å². The van der Waals surface area contributed by atoms with E-state index in [1.54, 1.807) is 11.8 Å². The molecule has 3 N–H and O–H groups in total. The minimum atomic E-state index is 0.751. The van der Waals surface area contributed by atoms with Crippen LogP contribution in [0.1, 0.15) is 17.7 Å². The van der Waals surface area contributed by atoms with Crippen LogP contribution < -0.4 is 11.3 Å². The number of nitrogens with two attached hydrogens (primary N) is 1. The second kappa shape index (κ2) is 5.19. The van der Waals surface area contributed by atoms with Gasteiger partial charge in [-0.05, 0) is 37.7 Å². The van der Waals surface area contributed by atoms with Crippen LogP contribution in [0.15, 0.2) is 29.2 Å². The molecular weight excluding hydrogens is 256 g/mol. The van der Waals surface area contributed by atoms with Crippen molar-refractivity contribution in [1.29, 1.82) is 0 Å². The first-order valence-corrected chi connectivity index (χ1v) is 7.55. The summed E-state index contributed by atoms with van der Waals surface area (Å²) in [7, 11) is 0. The number of hydrazine groups is 1. The Morgan fingerprint density at radius 3 is 2.63 bits per heavy atom. The van der Waals surface area contributed by atoms with Gasteiger partial charge in [0, 0.05) is 21.7 Å². The van der Waals surface area contributed by atoms with E-state index in [0.29, 0.717) is 0 Å². The van der Waals surface area contributed by atoms with Gasteiger partial charge in [-0.3, -0.25) is 0 Å². The van der Waals surface area contributed by atoms with E-state index < -0.39 is 0 Å². The summed E-state index contributed by atoms with van der Waals surface area (Å²) in [6.45, 7) is 0. The van der Waals surface area contributed by atoms with Gasteiger partial charge in [-0.15, -0.1) is 11.8 Å². The average Bonchev–Trinajstić information content (AvgIpc) is 2.94. The topological polar surface area (TPSA) is 63.8 Å². The molecule has 1 heterocycles. The third-order valence-electron chi connectivity index (χ3n) is 3.42. The molecule has 4 nitrogen and oxygen atoms in total. The predicted molar refractivity (Wildman–Crippen MR) is 79.1 cm³/mol. The monoisotopic (exact) mass is 272 g/mol. The summed E-state index contributed by atoms with van der Waals surface area (Å²) in [6, 6.07) is 8.30. The van der Waals surface area contributed by atoms with E-state index in [0.717, 1.165) is 42.2 Å². The molecule has 0 radical (unpaired) electrons. The van der Waals surface area contributed by atoms with Gasteiger partial charge in [0.2, 0.25) is 0 Å². The number of fused-ring (bicyclic) bond motifs is 1. The van der Waals surface area contributed by atoms with Crippen LogP contribution in [0.2, 0.25) is 0 Å². The zero-order valence-corrected chi connectivity index (χ0v) is 11.6. The molecule has 1 aliphatic rings. The molecule has 0 saturated heterocycles. The summed E-state index contributed by atoms with van der Waals surface area (Å²) in [6.07, 6.45) is 5.23. The van der Waals surface area contributed by atoms with Gasteiger partial charge >= 0.3 is 0 Å². The molecule has 2 aromatic rings. The molecule has 1 aliphatic carbocycles. The van der Waals surface area contributed by atoms with Crippen LogP contribution in [-0.4, -0.2) is 16.2 Å². The number of hydrogen-bond donors (Lipinski definition) is 2. The van der Waals surface area contributed by atoms with E-state index in [4.69, 9.17) is 5.84 Å². The van der Waals surface area contributed by atoms with Crippen molar-refractivity contribution >= 4 is 17.6 Å². The molecule has 0 atom stereocenters. The SMILES string of the molecule is CSc1ccc(-c2nc3c(c(NN)n2)CCC3)cc1. The van der Waals surface area contributed by atoms with E-state index >= 15 is 0 Å². The molecule has 0 bridgehead atoms. The lowest BCUT2D eigenvalue weighted by molar-refractivity contribution is 0.900. The lowest BCUT2D eigenvalue weighted by Crippen LogP contribution is -2.12. The first kappa shape index (κ1) is 12.4. The highest BCUT2D eigenvalue weighted by Crippen LogP contribution is 2.29. The Morgan fingerprint density at radius 2 is 1.95 bits per heavy atom. The quantitative estimate of drug-likeness (QED) is 0.511. The lowest BCUT2D eigenvalue weighted by atomic mass is 10.2. The van der Waals surface area contributed by atoms with Gasteiger partial charge in [-0.25, -0.2) is 15.8 Å². The van der Waals surface area contributed by atoms with Gasteiger partial charge in [0.05, 0.1) is 0 Å².